The summed E-state index contributed by atoms with van der Waals surface area (Å²) in [5, 5.41) is 6.42. The Hall–Kier alpha value is -1.20. The van der Waals surface area contributed by atoms with Gasteiger partial charge >= 0.3 is 0 Å². The summed E-state index contributed by atoms with van der Waals surface area (Å²) >= 11 is 0. The summed E-state index contributed by atoms with van der Waals surface area (Å²) in [5.41, 5.74) is 0. The molecule has 1 aromatic rings. The number of hydrogen-bond donors (Lipinski definition) is 2. The molecule has 0 saturated carbocycles. The van der Waals surface area contributed by atoms with E-state index in [1.807, 2.05) is 0 Å². The fourth-order valence-corrected chi connectivity index (χ4v) is 2.68. The van der Waals surface area contributed by atoms with Crippen LogP contribution in [0.4, 0.5) is 8.78 Å². The third-order valence-corrected chi connectivity index (χ3v) is 4.25. The lowest BCUT2D eigenvalue weighted by Gasteiger charge is -2.37. The first-order valence-electron chi connectivity index (χ1n) is 8.40. The van der Waals surface area contributed by atoms with Gasteiger partial charge in [0.2, 0.25) is 0 Å². The van der Waals surface area contributed by atoms with E-state index in [1.54, 1.807) is 7.05 Å². The van der Waals surface area contributed by atoms with E-state index in [2.05, 4.69) is 39.5 Å². The van der Waals surface area contributed by atoms with Crippen molar-refractivity contribution in [3.63, 3.8) is 0 Å². The van der Waals surface area contributed by atoms with E-state index in [-0.39, 0.29) is 36.3 Å². The average molecular weight is 483 g/mol. The number of hydrogen-bond acceptors (Lipinski definition) is 4. The van der Waals surface area contributed by atoms with Crippen LogP contribution in [0.5, 0.6) is 5.75 Å². The number of guanidine groups is 1. The number of piperazine rings is 1. The molecule has 1 aliphatic rings. The largest absolute Gasteiger partial charge is 0.489 e. The molecule has 148 valence electrons. The lowest BCUT2D eigenvalue weighted by molar-refractivity contribution is 0.116. The van der Waals surface area contributed by atoms with Crippen molar-refractivity contribution in [3.05, 3.63) is 29.8 Å². The predicted octanol–water partition coefficient (Wildman–Crippen LogP) is 1.37. The van der Waals surface area contributed by atoms with Gasteiger partial charge in [-0.2, -0.15) is 0 Å². The molecule has 6 nitrogen and oxygen atoms in total. The first-order valence-corrected chi connectivity index (χ1v) is 8.40. The zero-order valence-electron chi connectivity index (χ0n) is 15.5. The number of aliphatic imine (C=N–C) groups is 1. The van der Waals surface area contributed by atoms with Crippen LogP contribution >= 0.6 is 24.0 Å². The summed E-state index contributed by atoms with van der Waals surface area (Å²) < 4.78 is 31.6. The number of likely N-dealkylation sites (N-methyl/N-ethyl adjacent to an activating group) is 2. The number of benzene rings is 1. The van der Waals surface area contributed by atoms with Crippen molar-refractivity contribution in [2.24, 2.45) is 4.99 Å². The first-order chi connectivity index (χ1) is 12.0. The van der Waals surface area contributed by atoms with Crippen molar-refractivity contribution in [3.8, 4) is 5.75 Å². The van der Waals surface area contributed by atoms with Gasteiger partial charge in [0.15, 0.2) is 17.5 Å². The molecule has 0 aliphatic carbocycles. The fourth-order valence-electron chi connectivity index (χ4n) is 2.68. The molecule has 9 heteroatoms. The monoisotopic (exact) mass is 483 g/mol. The third kappa shape index (κ3) is 7.20. The molecule has 1 saturated heterocycles. The van der Waals surface area contributed by atoms with Crippen LogP contribution in [0.2, 0.25) is 0 Å². The Morgan fingerprint density at radius 3 is 2.73 bits per heavy atom. The minimum atomic E-state index is -0.702. The molecular formula is C17H28F2IN5O. The van der Waals surface area contributed by atoms with E-state index in [1.165, 1.54) is 12.1 Å². The fraction of sp³-hybridized carbons (Fsp3) is 0.588. The minimum Gasteiger partial charge on any atom is -0.489 e. The Morgan fingerprint density at radius 2 is 2.04 bits per heavy atom. The normalized spacial score (nSPS) is 19.0. The molecule has 0 radical (unpaired) electrons. The minimum absolute atomic E-state index is 0. The smallest absolute Gasteiger partial charge is 0.191 e. The highest BCUT2D eigenvalue weighted by molar-refractivity contribution is 14.0. The van der Waals surface area contributed by atoms with Crippen molar-refractivity contribution in [2.45, 2.75) is 6.04 Å². The van der Waals surface area contributed by atoms with E-state index >= 15 is 0 Å². The highest BCUT2D eigenvalue weighted by atomic mass is 127. The molecule has 0 aromatic heterocycles. The molecule has 1 aliphatic heterocycles. The van der Waals surface area contributed by atoms with Gasteiger partial charge in [-0.25, -0.2) is 8.78 Å². The van der Waals surface area contributed by atoms with Crippen LogP contribution in [0.1, 0.15) is 0 Å². The highest BCUT2D eigenvalue weighted by Crippen LogP contribution is 2.17. The Labute approximate surface area is 171 Å². The topological polar surface area (TPSA) is 52.1 Å². The van der Waals surface area contributed by atoms with Crippen LogP contribution in [0.15, 0.2) is 23.2 Å². The maximum atomic E-state index is 13.5. The predicted molar refractivity (Wildman–Crippen MR) is 111 cm³/mol. The van der Waals surface area contributed by atoms with Gasteiger partial charge in [-0.15, -0.1) is 24.0 Å². The second-order valence-electron chi connectivity index (χ2n) is 6.20. The van der Waals surface area contributed by atoms with E-state index in [0.717, 1.165) is 32.2 Å². The van der Waals surface area contributed by atoms with Gasteiger partial charge in [-0.05, 0) is 26.2 Å². The molecule has 26 heavy (non-hydrogen) atoms. The summed E-state index contributed by atoms with van der Waals surface area (Å²) in [7, 11) is 5.95. The first kappa shape index (κ1) is 22.8. The summed E-state index contributed by atoms with van der Waals surface area (Å²) in [6.07, 6.45) is 0. The standard InChI is InChI=1S/C17H27F2N5O.HI/c1-20-17(22-11-14-12-23(2)7-8-24(14)3)21-6-9-25-16-5-4-13(18)10-15(16)19;/h4-5,10,14H,6-9,11-12H2,1-3H3,(H2,20,21,22);1H. The van der Waals surface area contributed by atoms with E-state index in [0.29, 0.717) is 18.5 Å². The van der Waals surface area contributed by atoms with Crippen molar-refractivity contribution in [1.82, 2.24) is 20.4 Å². The van der Waals surface area contributed by atoms with E-state index < -0.39 is 11.6 Å². The summed E-state index contributed by atoms with van der Waals surface area (Å²) in [6.45, 7) is 4.62. The van der Waals surface area contributed by atoms with Crippen LogP contribution in [0.3, 0.4) is 0 Å². The molecule has 0 bridgehead atoms. The number of rotatable bonds is 6. The van der Waals surface area contributed by atoms with Gasteiger partial charge in [0.1, 0.15) is 12.4 Å². The van der Waals surface area contributed by atoms with Gasteiger partial charge in [0, 0.05) is 45.3 Å². The molecule has 1 heterocycles. The Morgan fingerprint density at radius 1 is 1.27 bits per heavy atom. The zero-order valence-corrected chi connectivity index (χ0v) is 17.8. The second kappa shape index (κ2) is 11.5. The van der Waals surface area contributed by atoms with Gasteiger partial charge in [0.05, 0.1) is 6.54 Å². The molecule has 0 amide bonds. The third-order valence-electron chi connectivity index (χ3n) is 4.25. The number of nitrogens with zero attached hydrogens (tertiary/aromatic N) is 3. The maximum Gasteiger partial charge on any atom is 0.191 e. The molecule has 0 spiro atoms. The SMILES string of the molecule is CN=C(NCCOc1ccc(F)cc1F)NCC1CN(C)CCN1C.I. The molecule has 2 N–H and O–H groups in total. The molecule has 1 fully saturated rings. The van der Waals surface area contributed by atoms with Crippen LogP contribution in [0.25, 0.3) is 0 Å². The number of nitrogens with one attached hydrogen (secondary N) is 2. The van der Waals surface area contributed by atoms with Gasteiger partial charge in [-0.1, -0.05) is 0 Å². The average Bonchev–Trinajstić information content (AvgIpc) is 2.58. The van der Waals surface area contributed by atoms with Gasteiger partial charge < -0.3 is 20.3 Å². The summed E-state index contributed by atoms with van der Waals surface area (Å²) in [5.74, 6) is -0.610. The van der Waals surface area contributed by atoms with Crippen molar-refractivity contribution in [2.75, 3.05) is 60.5 Å². The summed E-state index contributed by atoms with van der Waals surface area (Å²) in [4.78, 5) is 8.82. The van der Waals surface area contributed by atoms with Crippen LogP contribution in [0, 0.1) is 11.6 Å². The quantitative estimate of drug-likeness (QED) is 0.277. The molecule has 2 rings (SSSR count). The Balaban J connectivity index is 0.00000338. The molecular weight excluding hydrogens is 455 g/mol. The van der Waals surface area contributed by atoms with Crippen LogP contribution in [-0.2, 0) is 0 Å². The van der Waals surface area contributed by atoms with Crippen molar-refractivity contribution in [1.29, 1.82) is 0 Å². The maximum absolute atomic E-state index is 13.5. The van der Waals surface area contributed by atoms with Gasteiger partial charge in [0.25, 0.3) is 0 Å². The van der Waals surface area contributed by atoms with E-state index in [9.17, 15) is 8.78 Å². The Kier molecular flexibility index (Phi) is 10.1. The lowest BCUT2D eigenvalue weighted by Crippen LogP contribution is -2.55. The Bertz CT molecular complexity index is 590. The zero-order chi connectivity index (χ0) is 18.2. The van der Waals surface area contributed by atoms with Crippen molar-refractivity contribution < 1.29 is 13.5 Å². The highest BCUT2D eigenvalue weighted by Gasteiger charge is 2.21. The van der Waals surface area contributed by atoms with Gasteiger partial charge in [-0.3, -0.25) is 9.89 Å². The van der Waals surface area contributed by atoms with Crippen LogP contribution in [-0.4, -0.2) is 82.3 Å². The summed E-state index contributed by atoms with van der Waals surface area (Å²) in [6, 6.07) is 3.68. The molecule has 1 unspecified atom stereocenters. The number of ether oxygens (including phenoxy) is 1. The molecule has 1 atom stereocenters. The lowest BCUT2D eigenvalue weighted by atomic mass is 10.2. The van der Waals surface area contributed by atoms with Crippen LogP contribution < -0.4 is 15.4 Å². The number of halogens is 3. The second-order valence-corrected chi connectivity index (χ2v) is 6.20. The van der Waals surface area contributed by atoms with Crippen molar-refractivity contribution >= 4 is 29.9 Å². The molecule has 1 aromatic carbocycles. The van der Waals surface area contributed by atoms with E-state index in [4.69, 9.17) is 4.74 Å².